The number of hydrogen-bond acceptors (Lipinski definition) is 5. The van der Waals surface area contributed by atoms with Crippen LogP contribution in [0.15, 0.2) is 57.5 Å². The van der Waals surface area contributed by atoms with Crippen molar-refractivity contribution < 1.29 is 14.1 Å². The van der Waals surface area contributed by atoms with Crippen LogP contribution in [0.5, 0.6) is 5.75 Å². The second kappa shape index (κ2) is 8.35. The molecule has 1 aromatic heterocycles. The van der Waals surface area contributed by atoms with Crippen molar-refractivity contribution in [3.8, 4) is 17.2 Å². The van der Waals surface area contributed by atoms with Crippen LogP contribution in [0.1, 0.15) is 32.5 Å². The first-order valence-electron chi connectivity index (χ1n) is 8.59. The van der Waals surface area contributed by atoms with Gasteiger partial charge in [-0.2, -0.15) is 4.98 Å². The third-order valence-corrected chi connectivity index (χ3v) is 4.38. The minimum atomic E-state index is -0.629. The van der Waals surface area contributed by atoms with E-state index in [1.165, 1.54) is 0 Å². The highest BCUT2D eigenvalue weighted by Crippen LogP contribution is 2.22. The van der Waals surface area contributed by atoms with E-state index in [2.05, 4.69) is 31.4 Å². The molecule has 7 heteroatoms. The van der Waals surface area contributed by atoms with Crippen molar-refractivity contribution in [3.63, 3.8) is 0 Å². The van der Waals surface area contributed by atoms with Gasteiger partial charge in [0.25, 0.3) is 11.8 Å². The molecule has 3 aromatic rings. The zero-order valence-corrected chi connectivity index (χ0v) is 16.9. The topological polar surface area (TPSA) is 77.2 Å². The molecule has 1 atom stereocenters. The number of aromatic nitrogens is 2. The van der Waals surface area contributed by atoms with Crippen LogP contribution in [0, 0.1) is 0 Å². The maximum absolute atomic E-state index is 12.3. The quantitative estimate of drug-likeness (QED) is 0.594. The molecule has 6 nitrogen and oxygen atoms in total. The Labute approximate surface area is 166 Å². The van der Waals surface area contributed by atoms with E-state index in [0.29, 0.717) is 23.2 Å². The van der Waals surface area contributed by atoms with Gasteiger partial charge in [0.2, 0.25) is 0 Å². The van der Waals surface area contributed by atoms with E-state index in [1.807, 2.05) is 38.1 Å². The summed E-state index contributed by atoms with van der Waals surface area (Å²) in [6.07, 6.45) is -0.629. The summed E-state index contributed by atoms with van der Waals surface area (Å²) in [5, 5.41) is 6.79. The van der Waals surface area contributed by atoms with Gasteiger partial charge < -0.3 is 14.6 Å². The number of benzene rings is 2. The van der Waals surface area contributed by atoms with Gasteiger partial charge >= 0.3 is 0 Å². The van der Waals surface area contributed by atoms with Crippen LogP contribution in [0.4, 0.5) is 5.69 Å². The summed E-state index contributed by atoms with van der Waals surface area (Å²) >= 11 is 3.37. The molecule has 140 valence electrons. The van der Waals surface area contributed by atoms with E-state index in [1.54, 1.807) is 31.2 Å². The van der Waals surface area contributed by atoms with Gasteiger partial charge in [0.15, 0.2) is 11.9 Å². The van der Waals surface area contributed by atoms with Crippen molar-refractivity contribution in [1.29, 1.82) is 0 Å². The van der Waals surface area contributed by atoms with Crippen LogP contribution in [0.2, 0.25) is 0 Å². The fourth-order valence-electron chi connectivity index (χ4n) is 2.30. The lowest BCUT2D eigenvalue weighted by Gasteiger charge is -2.15. The Morgan fingerprint density at radius 3 is 2.33 bits per heavy atom. The number of amides is 1. The van der Waals surface area contributed by atoms with Gasteiger partial charge in [0, 0.05) is 21.6 Å². The molecule has 0 bridgehead atoms. The predicted octanol–water partition coefficient (Wildman–Crippen LogP) is 5.03. The fraction of sp³-hybridized carbons (Fsp3) is 0.250. The first-order valence-corrected chi connectivity index (χ1v) is 9.39. The standard InChI is InChI=1S/C20H20BrN3O3/c1-12(2)18-23-20(27-24-18)14-4-8-16(9-5-14)22-19(25)13(3)26-17-10-6-15(21)7-11-17/h4-13H,1-3H3,(H,22,25)/t13-/m0/s1. The first kappa shape index (κ1) is 19.1. The van der Waals surface area contributed by atoms with Crippen molar-refractivity contribution in [2.45, 2.75) is 32.8 Å². The number of nitrogens with zero attached hydrogens (tertiary/aromatic N) is 2. The van der Waals surface area contributed by atoms with Crippen molar-refractivity contribution in [3.05, 3.63) is 58.8 Å². The summed E-state index contributed by atoms with van der Waals surface area (Å²) < 4.78 is 11.9. The number of ether oxygens (including phenoxy) is 1. The van der Waals surface area contributed by atoms with E-state index in [4.69, 9.17) is 9.26 Å². The number of carbonyl (C=O) groups excluding carboxylic acids is 1. The highest BCUT2D eigenvalue weighted by atomic mass is 79.9. The molecule has 3 rings (SSSR count). The maximum Gasteiger partial charge on any atom is 0.265 e. The molecule has 0 fully saturated rings. The molecule has 0 aliphatic heterocycles. The Kier molecular flexibility index (Phi) is 5.91. The molecule has 0 aliphatic rings. The minimum absolute atomic E-state index is 0.202. The van der Waals surface area contributed by atoms with Crippen molar-refractivity contribution in [2.24, 2.45) is 0 Å². The van der Waals surface area contributed by atoms with Gasteiger partial charge in [-0.1, -0.05) is 34.9 Å². The number of carbonyl (C=O) groups is 1. The van der Waals surface area contributed by atoms with E-state index in [9.17, 15) is 4.79 Å². The summed E-state index contributed by atoms with van der Waals surface area (Å²) in [4.78, 5) is 16.7. The van der Waals surface area contributed by atoms with Crippen LogP contribution in [-0.4, -0.2) is 22.2 Å². The summed E-state index contributed by atoms with van der Waals surface area (Å²) in [6, 6.07) is 14.6. The normalized spacial score (nSPS) is 12.0. The molecule has 0 saturated heterocycles. The molecule has 0 unspecified atom stereocenters. The van der Waals surface area contributed by atoms with Gasteiger partial charge in [-0.3, -0.25) is 4.79 Å². The Balaban J connectivity index is 1.61. The number of anilines is 1. The summed E-state index contributed by atoms with van der Waals surface area (Å²) in [6.45, 7) is 5.72. The van der Waals surface area contributed by atoms with Crippen LogP contribution in [-0.2, 0) is 4.79 Å². The molecule has 0 radical (unpaired) electrons. The molecule has 0 saturated carbocycles. The van der Waals surface area contributed by atoms with E-state index in [-0.39, 0.29) is 11.8 Å². The summed E-state index contributed by atoms with van der Waals surface area (Å²) in [5.74, 6) is 1.73. The van der Waals surface area contributed by atoms with Gasteiger partial charge in [-0.15, -0.1) is 0 Å². The summed E-state index contributed by atoms with van der Waals surface area (Å²) in [7, 11) is 0. The Bertz CT molecular complexity index is 905. The second-order valence-corrected chi connectivity index (χ2v) is 7.31. The van der Waals surface area contributed by atoms with Gasteiger partial charge in [0.1, 0.15) is 5.75 Å². The van der Waals surface area contributed by atoms with Crippen LogP contribution in [0.3, 0.4) is 0 Å². The van der Waals surface area contributed by atoms with Crippen LogP contribution >= 0.6 is 15.9 Å². The Hall–Kier alpha value is -2.67. The zero-order chi connectivity index (χ0) is 19.4. The first-order chi connectivity index (χ1) is 12.9. The highest BCUT2D eigenvalue weighted by Gasteiger charge is 2.16. The second-order valence-electron chi connectivity index (χ2n) is 6.39. The lowest BCUT2D eigenvalue weighted by Crippen LogP contribution is -2.30. The van der Waals surface area contributed by atoms with E-state index >= 15 is 0 Å². The number of halogens is 1. The summed E-state index contributed by atoms with van der Waals surface area (Å²) in [5.41, 5.74) is 1.46. The molecule has 0 aliphatic carbocycles. The predicted molar refractivity (Wildman–Crippen MR) is 107 cm³/mol. The fourth-order valence-corrected chi connectivity index (χ4v) is 2.56. The number of rotatable bonds is 6. The Morgan fingerprint density at radius 2 is 1.74 bits per heavy atom. The largest absolute Gasteiger partial charge is 0.481 e. The molecular formula is C20H20BrN3O3. The van der Waals surface area contributed by atoms with E-state index < -0.39 is 6.10 Å². The Morgan fingerprint density at radius 1 is 1.07 bits per heavy atom. The van der Waals surface area contributed by atoms with Gasteiger partial charge in [-0.25, -0.2) is 0 Å². The van der Waals surface area contributed by atoms with Gasteiger partial charge in [0.05, 0.1) is 0 Å². The average molecular weight is 430 g/mol. The van der Waals surface area contributed by atoms with E-state index in [0.717, 1.165) is 10.0 Å². The lowest BCUT2D eigenvalue weighted by atomic mass is 10.2. The molecule has 1 N–H and O–H groups in total. The molecule has 1 amide bonds. The van der Waals surface area contributed by atoms with Gasteiger partial charge in [-0.05, 0) is 55.5 Å². The smallest absolute Gasteiger partial charge is 0.265 e. The SMILES string of the molecule is CC(C)c1noc(-c2ccc(NC(=O)[C@H](C)Oc3ccc(Br)cc3)cc2)n1. The third-order valence-electron chi connectivity index (χ3n) is 3.85. The minimum Gasteiger partial charge on any atom is -0.481 e. The number of hydrogen-bond donors (Lipinski definition) is 1. The molecule has 1 heterocycles. The third kappa shape index (κ3) is 4.95. The average Bonchev–Trinajstić information content (AvgIpc) is 3.14. The zero-order valence-electron chi connectivity index (χ0n) is 15.3. The molecule has 27 heavy (non-hydrogen) atoms. The maximum atomic E-state index is 12.3. The lowest BCUT2D eigenvalue weighted by molar-refractivity contribution is -0.122. The van der Waals surface area contributed by atoms with Crippen molar-refractivity contribution in [2.75, 3.05) is 5.32 Å². The highest BCUT2D eigenvalue weighted by molar-refractivity contribution is 9.10. The monoisotopic (exact) mass is 429 g/mol. The molecular weight excluding hydrogens is 410 g/mol. The van der Waals surface area contributed by atoms with Crippen LogP contribution in [0.25, 0.3) is 11.5 Å². The van der Waals surface area contributed by atoms with Crippen LogP contribution < -0.4 is 10.1 Å². The number of nitrogens with one attached hydrogen (secondary N) is 1. The van der Waals surface area contributed by atoms with Crippen molar-refractivity contribution >= 4 is 27.5 Å². The van der Waals surface area contributed by atoms with Crippen molar-refractivity contribution in [1.82, 2.24) is 10.1 Å². The molecule has 0 spiro atoms. The molecule has 2 aromatic carbocycles.